The zero-order valence-corrected chi connectivity index (χ0v) is 19.8. The summed E-state index contributed by atoms with van der Waals surface area (Å²) in [5.41, 5.74) is 4.66. The van der Waals surface area contributed by atoms with E-state index >= 15 is 0 Å². The average molecular weight is 465 g/mol. The first kappa shape index (κ1) is 20.8. The van der Waals surface area contributed by atoms with Crippen LogP contribution in [0.25, 0.3) is 26.0 Å². The van der Waals surface area contributed by atoms with Crippen LogP contribution in [0, 0.1) is 0 Å². The van der Waals surface area contributed by atoms with Crippen molar-refractivity contribution < 1.29 is 4.79 Å². The highest BCUT2D eigenvalue weighted by Gasteiger charge is 2.24. The van der Waals surface area contributed by atoms with Crippen LogP contribution in [0.2, 0.25) is 0 Å². The lowest BCUT2D eigenvalue weighted by molar-refractivity contribution is 0.194. The van der Waals surface area contributed by atoms with Crippen LogP contribution in [0.5, 0.6) is 0 Å². The molecule has 1 aromatic carbocycles. The van der Waals surface area contributed by atoms with Gasteiger partial charge in [0.15, 0.2) is 0 Å². The van der Waals surface area contributed by atoms with Gasteiger partial charge in [-0.3, -0.25) is 0 Å². The molecule has 164 valence electrons. The number of nitrogens with zero attached hydrogens (tertiary/aromatic N) is 4. The van der Waals surface area contributed by atoms with Crippen molar-refractivity contribution >= 4 is 66.2 Å². The Labute approximate surface area is 194 Å². The number of aromatic nitrogens is 3. The van der Waals surface area contributed by atoms with E-state index in [1.54, 1.807) is 29.0 Å². The van der Waals surface area contributed by atoms with E-state index in [-0.39, 0.29) is 11.6 Å². The first-order valence-electron chi connectivity index (χ1n) is 10.5. The second-order valence-electron chi connectivity index (χ2n) is 8.83. The highest BCUT2D eigenvalue weighted by atomic mass is 32.1. The van der Waals surface area contributed by atoms with Gasteiger partial charge in [0.2, 0.25) is 0 Å². The van der Waals surface area contributed by atoms with E-state index in [4.69, 9.17) is 0 Å². The Hall–Kier alpha value is -3.04. The molecule has 0 saturated heterocycles. The summed E-state index contributed by atoms with van der Waals surface area (Å²) in [6.07, 6.45) is 4.65. The molecule has 7 nitrogen and oxygen atoms in total. The number of fused-ring (bicyclic) bond motifs is 2. The van der Waals surface area contributed by atoms with Gasteiger partial charge in [0.1, 0.15) is 17.0 Å². The number of thiazole rings is 1. The van der Waals surface area contributed by atoms with Crippen LogP contribution in [0.4, 0.5) is 16.3 Å². The molecule has 2 amide bonds. The number of carbonyl (C=O) groups is 1. The van der Waals surface area contributed by atoms with Crippen LogP contribution >= 0.6 is 22.7 Å². The smallest absolute Gasteiger partial charge is 0.318 e. The lowest BCUT2D eigenvalue weighted by Crippen LogP contribution is -2.49. The molecule has 0 unspecified atom stereocenters. The molecule has 0 fully saturated rings. The second kappa shape index (κ2) is 8.14. The molecule has 5 rings (SSSR count). The van der Waals surface area contributed by atoms with Crippen LogP contribution in [-0.2, 0) is 0 Å². The molecule has 0 bridgehead atoms. The number of rotatable bonds is 3. The third-order valence-electron chi connectivity index (χ3n) is 5.16. The first-order valence-corrected chi connectivity index (χ1v) is 12.2. The third kappa shape index (κ3) is 4.31. The Morgan fingerprint density at radius 2 is 2.03 bits per heavy atom. The largest absolute Gasteiger partial charge is 0.340 e. The van der Waals surface area contributed by atoms with Crippen LogP contribution in [0.15, 0.2) is 42.2 Å². The summed E-state index contributed by atoms with van der Waals surface area (Å²) in [6.45, 7) is 7.30. The minimum atomic E-state index is -0.256. The number of carbonyl (C=O) groups excluding carboxylic acids is 1. The van der Waals surface area contributed by atoms with Crippen molar-refractivity contribution in [2.24, 2.45) is 0 Å². The molecule has 0 radical (unpaired) electrons. The zero-order chi connectivity index (χ0) is 22.3. The highest BCUT2D eigenvalue weighted by molar-refractivity contribution is 7.19. The summed E-state index contributed by atoms with van der Waals surface area (Å²) < 4.78 is 1.16. The third-order valence-corrected chi connectivity index (χ3v) is 7.09. The molecule has 0 saturated carbocycles. The van der Waals surface area contributed by atoms with Crippen LogP contribution in [0.1, 0.15) is 32.1 Å². The monoisotopic (exact) mass is 464 g/mol. The Morgan fingerprint density at radius 3 is 2.88 bits per heavy atom. The second-order valence-corrected chi connectivity index (χ2v) is 10.7. The van der Waals surface area contributed by atoms with E-state index in [0.717, 1.165) is 55.4 Å². The van der Waals surface area contributed by atoms with Gasteiger partial charge in [-0.2, -0.15) is 0 Å². The van der Waals surface area contributed by atoms with Gasteiger partial charge in [-0.15, -0.1) is 22.7 Å². The van der Waals surface area contributed by atoms with Gasteiger partial charge in [-0.25, -0.2) is 19.7 Å². The van der Waals surface area contributed by atoms with Crippen molar-refractivity contribution in [1.29, 1.82) is 0 Å². The number of thiophene rings is 1. The molecule has 0 atom stereocenters. The van der Waals surface area contributed by atoms with E-state index in [0.29, 0.717) is 6.54 Å². The molecule has 1 aliphatic heterocycles. The molecule has 4 heterocycles. The fraction of sp³-hybridized carbons (Fsp3) is 0.304. The van der Waals surface area contributed by atoms with Crippen molar-refractivity contribution in [2.45, 2.75) is 32.7 Å². The Balaban J connectivity index is 1.40. The van der Waals surface area contributed by atoms with E-state index < -0.39 is 0 Å². The van der Waals surface area contributed by atoms with Crippen molar-refractivity contribution in [3.05, 3.63) is 47.1 Å². The van der Waals surface area contributed by atoms with Gasteiger partial charge in [0, 0.05) is 29.2 Å². The highest BCUT2D eigenvalue weighted by Crippen LogP contribution is 2.35. The molecule has 4 aromatic rings. The molecule has 9 heteroatoms. The quantitative estimate of drug-likeness (QED) is 0.410. The summed E-state index contributed by atoms with van der Waals surface area (Å²) in [7, 11) is 0. The minimum Gasteiger partial charge on any atom is -0.340 e. The topological polar surface area (TPSA) is 83.0 Å². The van der Waals surface area contributed by atoms with E-state index in [2.05, 4.69) is 43.8 Å². The SMILES string of the molecule is CC(C)(C)NC(=O)N1CCC=C(c2cc3c(Nc4ccc5scnc5c4)ncnc3s2)C1. The maximum Gasteiger partial charge on any atom is 0.318 e. The lowest BCUT2D eigenvalue weighted by Gasteiger charge is -2.31. The van der Waals surface area contributed by atoms with Crippen molar-refractivity contribution in [1.82, 2.24) is 25.2 Å². The first-order chi connectivity index (χ1) is 15.4. The van der Waals surface area contributed by atoms with Crippen molar-refractivity contribution in [3.63, 3.8) is 0 Å². The molecule has 3 aromatic heterocycles. The van der Waals surface area contributed by atoms with Gasteiger partial charge >= 0.3 is 6.03 Å². The number of benzene rings is 1. The van der Waals surface area contributed by atoms with Gasteiger partial charge in [-0.05, 0) is 57.0 Å². The number of hydrogen-bond acceptors (Lipinski definition) is 7. The predicted molar refractivity (Wildman–Crippen MR) is 133 cm³/mol. The van der Waals surface area contributed by atoms with E-state index in [1.807, 2.05) is 43.3 Å². The standard InChI is InChI=1S/C23H24N6OS2/c1-23(2,3)28-22(30)29-8-4-5-14(11-29)19-10-16-20(24-12-25-21(16)32-19)27-15-6-7-18-17(9-15)26-13-31-18/h5-7,9-10,12-13H,4,8,11H2,1-3H3,(H,28,30)(H,24,25,27). The number of amides is 2. The molecule has 32 heavy (non-hydrogen) atoms. The number of nitrogens with one attached hydrogen (secondary N) is 2. The van der Waals surface area contributed by atoms with Gasteiger partial charge in [0.25, 0.3) is 0 Å². The lowest BCUT2D eigenvalue weighted by atomic mass is 10.1. The van der Waals surface area contributed by atoms with Crippen LogP contribution < -0.4 is 10.6 Å². The number of urea groups is 1. The van der Waals surface area contributed by atoms with Crippen LogP contribution in [0.3, 0.4) is 0 Å². The fourth-order valence-corrected chi connectivity index (χ4v) is 5.37. The Morgan fingerprint density at radius 1 is 1.16 bits per heavy atom. The van der Waals surface area contributed by atoms with E-state index in [9.17, 15) is 4.79 Å². The maximum atomic E-state index is 12.6. The van der Waals surface area contributed by atoms with Crippen LogP contribution in [-0.4, -0.2) is 44.5 Å². The normalized spacial score (nSPS) is 14.6. The molecule has 0 spiro atoms. The molecular weight excluding hydrogens is 440 g/mol. The Bertz CT molecular complexity index is 1330. The summed E-state index contributed by atoms with van der Waals surface area (Å²) in [4.78, 5) is 29.9. The predicted octanol–water partition coefficient (Wildman–Crippen LogP) is 5.64. The summed E-state index contributed by atoms with van der Waals surface area (Å²) in [5.74, 6) is 0.769. The molecule has 2 N–H and O–H groups in total. The number of anilines is 2. The summed E-state index contributed by atoms with van der Waals surface area (Å²) >= 11 is 3.26. The summed E-state index contributed by atoms with van der Waals surface area (Å²) in [6, 6.07) is 8.24. The number of hydrogen-bond donors (Lipinski definition) is 2. The molecule has 1 aliphatic rings. The van der Waals surface area contributed by atoms with Crippen molar-refractivity contribution in [3.8, 4) is 0 Å². The van der Waals surface area contributed by atoms with Gasteiger partial charge < -0.3 is 15.5 Å². The van der Waals surface area contributed by atoms with Gasteiger partial charge in [-0.1, -0.05) is 6.08 Å². The maximum absolute atomic E-state index is 12.6. The zero-order valence-electron chi connectivity index (χ0n) is 18.2. The minimum absolute atomic E-state index is 0.0243. The Kier molecular flexibility index (Phi) is 5.30. The fourth-order valence-electron chi connectivity index (χ4n) is 3.68. The molecular formula is C23H24N6OS2. The average Bonchev–Trinajstić information content (AvgIpc) is 3.40. The summed E-state index contributed by atoms with van der Waals surface area (Å²) in [5, 5.41) is 7.46. The van der Waals surface area contributed by atoms with Crippen molar-refractivity contribution in [2.75, 3.05) is 18.4 Å². The van der Waals surface area contributed by atoms with E-state index in [1.165, 1.54) is 0 Å². The molecule has 0 aliphatic carbocycles. The van der Waals surface area contributed by atoms with Gasteiger partial charge in [0.05, 0.1) is 21.1 Å².